The van der Waals surface area contributed by atoms with Crippen LogP contribution >= 0.6 is 23.4 Å². The fourth-order valence-electron chi connectivity index (χ4n) is 2.14. The van der Waals surface area contributed by atoms with Crippen LogP contribution in [0.1, 0.15) is 33.1 Å². The van der Waals surface area contributed by atoms with Crippen LogP contribution in [0.2, 0.25) is 0 Å². The van der Waals surface area contributed by atoms with E-state index in [-0.39, 0.29) is 0 Å². The number of halogens is 1. The number of hydrogen-bond donors (Lipinski definition) is 0. The zero-order chi connectivity index (χ0) is 9.03. The summed E-state index contributed by atoms with van der Waals surface area (Å²) in [4.78, 5) is 0. The van der Waals surface area contributed by atoms with Gasteiger partial charge in [0.25, 0.3) is 0 Å². The van der Waals surface area contributed by atoms with E-state index in [1.807, 2.05) is 0 Å². The molecule has 0 spiro atoms. The smallest absolute Gasteiger partial charge is 0.0282 e. The first kappa shape index (κ1) is 10.7. The molecule has 0 aliphatic carbocycles. The zero-order valence-corrected chi connectivity index (χ0v) is 9.68. The van der Waals surface area contributed by atoms with Gasteiger partial charge in [-0.05, 0) is 42.1 Å². The molecule has 1 fully saturated rings. The lowest BCUT2D eigenvalue weighted by Gasteiger charge is -2.35. The first-order chi connectivity index (χ1) is 5.79. The van der Waals surface area contributed by atoms with Gasteiger partial charge < -0.3 is 0 Å². The Hall–Kier alpha value is 0.640. The highest BCUT2D eigenvalue weighted by Gasteiger charge is 2.36. The van der Waals surface area contributed by atoms with Crippen molar-refractivity contribution < 1.29 is 0 Å². The summed E-state index contributed by atoms with van der Waals surface area (Å²) in [6.45, 7) is 4.57. The van der Waals surface area contributed by atoms with Crippen molar-refractivity contribution in [3.63, 3.8) is 0 Å². The second-order valence-electron chi connectivity index (χ2n) is 3.76. The molecule has 1 atom stereocenters. The molecule has 1 saturated heterocycles. The summed E-state index contributed by atoms with van der Waals surface area (Å²) in [6.07, 6.45) is 3.88. The summed E-state index contributed by atoms with van der Waals surface area (Å²) in [6, 6.07) is 0. The van der Waals surface area contributed by atoms with Crippen molar-refractivity contribution in [2.24, 2.45) is 11.3 Å². The molecule has 0 nitrogen and oxygen atoms in total. The molecule has 0 amide bonds. The van der Waals surface area contributed by atoms with Gasteiger partial charge in [0.2, 0.25) is 0 Å². The van der Waals surface area contributed by atoms with E-state index in [9.17, 15) is 0 Å². The van der Waals surface area contributed by atoms with Crippen LogP contribution in [-0.2, 0) is 0 Å². The average Bonchev–Trinajstić information content (AvgIpc) is 2.62. The molecule has 0 radical (unpaired) electrons. The van der Waals surface area contributed by atoms with Gasteiger partial charge in [-0.25, -0.2) is 0 Å². The molecule has 1 rings (SSSR count). The minimum Gasteiger partial charge on any atom is -0.162 e. The Labute approximate surface area is 85.4 Å². The van der Waals surface area contributed by atoms with Crippen molar-refractivity contribution in [3.05, 3.63) is 0 Å². The van der Waals surface area contributed by atoms with Gasteiger partial charge in [0, 0.05) is 5.88 Å². The lowest BCUT2D eigenvalue weighted by molar-refractivity contribution is 0.194. The predicted octanol–water partition coefficient (Wildman–Crippen LogP) is 3.78. The highest BCUT2D eigenvalue weighted by atomic mass is 35.5. The third-order valence-electron chi connectivity index (χ3n) is 3.47. The van der Waals surface area contributed by atoms with Crippen LogP contribution < -0.4 is 0 Å². The lowest BCUT2D eigenvalue weighted by Crippen LogP contribution is -2.31. The maximum atomic E-state index is 6.10. The topological polar surface area (TPSA) is 0 Å². The van der Waals surface area contributed by atoms with Crippen LogP contribution in [0.15, 0.2) is 0 Å². The van der Waals surface area contributed by atoms with Gasteiger partial charge in [-0.3, -0.25) is 0 Å². The van der Waals surface area contributed by atoms with E-state index < -0.39 is 0 Å². The summed E-state index contributed by atoms with van der Waals surface area (Å²) in [7, 11) is 0. The van der Waals surface area contributed by atoms with Gasteiger partial charge in [-0.15, -0.1) is 11.6 Å². The fourth-order valence-corrected chi connectivity index (χ4v) is 4.16. The van der Waals surface area contributed by atoms with E-state index in [1.54, 1.807) is 0 Å². The molecule has 12 heavy (non-hydrogen) atoms. The van der Waals surface area contributed by atoms with E-state index >= 15 is 0 Å². The summed E-state index contributed by atoms with van der Waals surface area (Å²) in [5, 5.41) is 0. The molecule has 1 aliphatic heterocycles. The van der Waals surface area contributed by atoms with E-state index in [1.165, 1.54) is 30.8 Å². The Morgan fingerprint density at radius 1 is 1.42 bits per heavy atom. The molecule has 0 aromatic rings. The number of rotatable bonds is 4. The first-order valence-electron chi connectivity index (χ1n) is 4.92. The van der Waals surface area contributed by atoms with E-state index in [0.29, 0.717) is 5.41 Å². The van der Waals surface area contributed by atoms with Crippen molar-refractivity contribution in [1.82, 2.24) is 0 Å². The second-order valence-corrected chi connectivity index (χ2v) is 5.18. The van der Waals surface area contributed by atoms with Crippen molar-refractivity contribution >= 4 is 23.4 Å². The third kappa shape index (κ3) is 1.93. The Kier molecular flexibility index (Phi) is 4.25. The van der Waals surface area contributed by atoms with Gasteiger partial charge in [0.1, 0.15) is 0 Å². The van der Waals surface area contributed by atoms with Crippen molar-refractivity contribution in [2.75, 3.05) is 17.4 Å². The van der Waals surface area contributed by atoms with Gasteiger partial charge >= 0.3 is 0 Å². The molecule has 2 heteroatoms. The van der Waals surface area contributed by atoms with Crippen LogP contribution in [-0.4, -0.2) is 17.4 Å². The molecule has 0 N–H and O–H groups in total. The summed E-state index contributed by atoms with van der Waals surface area (Å²) >= 11 is 8.19. The fraction of sp³-hybridized carbons (Fsp3) is 1.00. The molecule has 1 aliphatic rings. The molecular formula is C10H19ClS. The van der Waals surface area contributed by atoms with Gasteiger partial charge in [0.05, 0.1) is 0 Å². The van der Waals surface area contributed by atoms with Gasteiger partial charge in [-0.1, -0.05) is 13.8 Å². The van der Waals surface area contributed by atoms with Crippen LogP contribution in [0.3, 0.4) is 0 Å². The number of thioether (sulfide) groups is 1. The van der Waals surface area contributed by atoms with E-state index in [2.05, 4.69) is 25.6 Å². The monoisotopic (exact) mass is 206 g/mol. The molecule has 0 bridgehead atoms. The molecule has 0 saturated carbocycles. The highest BCUT2D eigenvalue weighted by Crippen LogP contribution is 2.43. The summed E-state index contributed by atoms with van der Waals surface area (Å²) in [5.74, 6) is 4.43. The minimum absolute atomic E-state index is 0.449. The van der Waals surface area contributed by atoms with Crippen LogP contribution in [0.5, 0.6) is 0 Å². The predicted molar refractivity (Wildman–Crippen MR) is 59.2 cm³/mol. The molecule has 0 aromatic carbocycles. The highest BCUT2D eigenvalue weighted by molar-refractivity contribution is 7.99. The molecule has 1 unspecified atom stereocenters. The molecular weight excluding hydrogens is 188 g/mol. The van der Waals surface area contributed by atoms with Gasteiger partial charge in [-0.2, -0.15) is 11.8 Å². The Balaban J connectivity index is 2.61. The molecule has 0 aromatic heterocycles. The minimum atomic E-state index is 0.449. The molecule has 1 heterocycles. The van der Waals surface area contributed by atoms with Crippen molar-refractivity contribution in [3.8, 4) is 0 Å². The van der Waals surface area contributed by atoms with Gasteiger partial charge in [0.15, 0.2) is 0 Å². The quantitative estimate of drug-likeness (QED) is 0.631. The Morgan fingerprint density at radius 3 is 2.42 bits per heavy atom. The summed E-state index contributed by atoms with van der Waals surface area (Å²) < 4.78 is 0. The van der Waals surface area contributed by atoms with Crippen molar-refractivity contribution in [1.29, 1.82) is 0 Å². The maximum absolute atomic E-state index is 6.10. The van der Waals surface area contributed by atoms with Crippen LogP contribution in [0.4, 0.5) is 0 Å². The first-order valence-corrected chi connectivity index (χ1v) is 6.61. The Bertz CT molecular complexity index is 118. The maximum Gasteiger partial charge on any atom is 0.0282 e. The van der Waals surface area contributed by atoms with E-state index in [4.69, 9.17) is 11.6 Å². The van der Waals surface area contributed by atoms with E-state index in [0.717, 1.165) is 11.8 Å². The summed E-state index contributed by atoms with van der Waals surface area (Å²) in [5.41, 5.74) is 0.449. The normalized spacial score (nSPS) is 24.8. The standard InChI is InChI=1S/C10H19ClS/c1-3-10(4-2,8-11)9-5-6-12-7-9/h9H,3-8H2,1-2H3. The largest absolute Gasteiger partial charge is 0.162 e. The van der Waals surface area contributed by atoms with Crippen LogP contribution in [0.25, 0.3) is 0 Å². The van der Waals surface area contributed by atoms with Crippen LogP contribution in [0, 0.1) is 11.3 Å². The van der Waals surface area contributed by atoms with Crippen molar-refractivity contribution in [2.45, 2.75) is 33.1 Å². The number of alkyl halides is 1. The lowest BCUT2D eigenvalue weighted by atomic mass is 9.72. The Morgan fingerprint density at radius 2 is 2.08 bits per heavy atom. The molecule has 72 valence electrons. The average molecular weight is 207 g/mol. The number of hydrogen-bond acceptors (Lipinski definition) is 1. The zero-order valence-electron chi connectivity index (χ0n) is 8.11. The second kappa shape index (κ2) is 4.76. The SMILES string of the molecule is CCC(CC)(CCl)C1CCSC1. The third-order valence-corrected chi connectivity index (χ3v) is 5.16.